The van der Waals surface area contributed by atoms with Crippen molar-refractivity contribution in [1.82, 2.24) is 0 Å². The van der Waals surface area contributed by atoms with Gasteiger partial charge in [0.1, 0.15) is 12.2 Å². The first-order chi connectivity index (χ1) is 3.81. The zero-order valence-corrected chi connectivity index (χ0v) is 6.03. The minimum atomic E-state index is -0.0880. The van der Waals surface area contributed by atoms with Crippen LogP contribution in [0.5, 0.6) is 0 Å². The van der Waals surface area contributed by atoms with Crippen LogP contribution in [0.1, 0.15) is 13.3 Å². The zero-order valence-electron chi connectivity index (χ0n) is 5.22. The van der Waals surface area contributed by atoms with E-state index in [9.17, 15) is 0 Å². The molecular weight excluding hydrogens is 124 g/mol. The second-order valence-electron chi connectivity index (χ2n) is 1.41. The molecule has 0 aliphatic rings. The predicted molar refractivity (Wildman–Crippen MR) is 34.6 cm³/mol. The SMILES string of the molecule is CCC([S])OCOC. The van der Waals surface area contributed by atoms with E-state index in [0.717, 1.165) is 6.42 Å². The molecule has 2 nitrogen and oxygen atoms in total. The van der Waals surface area contributed by atoms with E-state index >= 15 is 0 Å². The van der Waals surface area contributed by atoms with Gasteiger partial charge in [0.05, 0.1) is 0 Å². The monoisotopic (exact) mass is 135 g/mol. The molecule has 0 aliphatic heterocycles. The van der Waals surface area contributed by atoms with Crippen molar-refractivity contribution >= 4 is 12.6 Å². The maximum atomic E-state index is 4.93. The molecule has 1 radical (unpaired) electrons. The van der Waals surface area contributed by atoms with E-state index in [1.54, 1.807) is 7.11 Å². The highest BCUT2D eigenvalue weighted by Crippen LogP contribution is 2.00. The van der Waals surface area contributed by atoms with Crippen molar-refractivity contribution in [2.24, 2.45) is 0 Å². The summed E-state index contributed by atoms with van der Waals surface area (Å²) in [4.78, 5) is 0. The first-order valence-electron chi connectivity index (χ1n) is 2.57. The minimum absolute atomic E-state index is 0.0880. The fourth-order valence-electron chi connectivity index (χ4n) is 0.262. The maximum absolute atomic E-state index is 4.93. The summed E-state index contributed by atoms with van der Waals surface area (Å²) in [5.74, 6) is 0. The van der Waals surface area contributed by atoms with Crippen molar-refractivity contribution in [3.63, 3.8) is 0 Å². The summed E-state index contributed by atoms with van der Waals surface area (Å²) in [5.41, 5.74) is -0.0880. The van der Waals surface area contributed by atoms with Gasteiger partial charge < -0.3 is 9.47 Å². The zero-order chi connectivity index (χ0) is 6.41. The third-order valence-corrected chi connectivity index (χ3v) is 1.17. The predicted octanol–water partition coefficient (Wildman–Crippen LogP) is 1.54. The second-order valence-corrected chi connectivity index (χ2v) is 1.94. The Morgan fingerprint density at radius 2 is 2.25 bits per heavy atom. The molecule has 0 heterocycles. The summed E-state index contributed by atoms with van der Waals surface area (Å²) in [6.45, 7) is 2.29. The van der Waals surface area contributed by atoms with Crippen molar-refractivity contribution in [2.45, 2.75) is 18.8 Å². The van der Waals surface area contributed by atoms with Gasteiger partial charge in [0.25, 0.3) is 0 Å². The van der Waals surface area contributed by atoms with Crippen LogP contribution in [0.4, 0.5) is 0 Å². The summed E-state index contributed by atoms with van der Waals surface area (Å²) in [6.07, 6.45) is 0.860. The van der Waals surface area contributed by atoms with Crippen molar-refractivity contribution in [3.05, 3.63) is 0 Å². The molecule has 0 aromatic rings. The van der Waals surface area contributed by atoms with Crippen molar-refractivity contribution in [1.29, 1.82) is 0 Å². The van der Waals surface area contributed by atoms with Gasteiger partial charge in [-0.2, -0.15) is 0 Å². The topological polar surface area (TPSA) is 18.5 Å². The van der Waals surface area contributed by atoms with Gasteiger partial charge in [-0.15, -0.1) is 0 Å². The molecule has 0 aromatic heterocycles. The van der Waals surface area contributed by atoms with Crippen LogP contribution in [0.15, 0.2) is 0 Å². The highest BCUT2D eigenvalue weighted by atomic mass is 32.1. The molecule has 0 aliphatic carbocycles. The Hall–Kier alpha value is 0.270. The third-order valence-electron chi connectivity index (χ3n) is 0.705. The molecule has 8 heavy (non-hydrogen) atoms. The van der Waals surface area contributed by atoms with Crippen LogP contribution in [-0.4, -0.2) is 19.3 Å². The van der Waals surface area contributed by atoms with E-state index in [4.69, 9.17) is 17.4 Å². The van der Waals surface area contributed by atoms with Crippen molar-refractivity contribution < 1.29 is 9.47 Å². The van der Waals surface area contributed by atoms with Crippen LogP contribution in [0.25, 0.3) is 0 Å². The van der Waals surface area contributed by atoms with E-state index in [2.05, 4.69) is 4.74 Å². The molecule has 0 rings (SSSR count). The van der Waals surface area contributed by atoms with E-state index < -0.39 is 0 Å². The van der Waals surface area contributed by atoms with Gasteiger partial charge in [0.2, 0.25) is 0 Å². The molecule has 0 N–H and O–H groups in total. The number of ether oxygens (including phenoxy) is 2. The number of hydrogen-bond donors (Lipinski definition) is 0. The average molecular weight is 135 g/mol. The molecule has 1 unspecified atom stereocenters. The molecule has 49 valence electrons. The molecule has 1 atom stereocenters. The first-order valence-corrected chi connectivity index (χ1v) is 3.04. The quantitative estimate of drug-likeness (QED) is 0.544. The van der Waals surface area contributed by atoms with Crippen LogP contribution in [0.3, 0.4) is 0 Å². The Balaban J connectivity index is 2.86. The molecule has 0 bridgehead atoms. The van der Waals surface area contributed by atoms with E-state index in [1.807, 2.05) is 6.92 Å². The normalized spacial score (nSPS) is 13.9. The molecule has 0 amide bonds. The molecule has 0 aromatic carbocycles. The maximum Gasteiger partial charge on any atom is 0.147 e. The van der Waals surface area contributed by atoms with Crippen LogP contribution >= 0.6 is 12.6 Å². The first kappa shape index (κ1) is 8.27. The molecule has 0 fully saturated rings. The van der Waals surface area contributed by atoms with Crippen molar-refractivity contribution in [3.8, 4) is 0 Å². The fourth-order valence-corrected chi connectivity index (χ4v) is 0.317. The summed E-state index contributed by atoms with van der Waals surface area (Å²) < 4.78 is 9.56. The summed E-state index contributed by atoms with van der Waals surface area (Å²) >= 11 is 4.80. The Morgan fingerprint density at radius 1 is 1.62 bits per heavy atom. The lowest BCUT2D eigenvalue weighted by Crippen LogP contribution is -2.05. The van der Waals surface area contributed by atoms with Crippen LogP contribution in [0.2, 0.25) is 0 Å². The van der Waals surface area contributed by atoms with Gasteiger partial charge >= 0.3 is 0 Å². The third kappa shape index (κ3) is 4.43. The largest absolute Gasteiger partial charge is 0.359 e. The van der Waals surface area contributed by atoms with Gasteiger partial charge in [0.15, 0.2) is 0 Å². The van der Waals surface area contributed by atoms with E-state index in [-0.39, 0.29) is 5.44 Å². The highest BCUT2D eigenvalue weighted by Gasteiger charge is 1.96. The van der Waals surface area contributed by atoms with Crippen LogP contribution < -0.4 is 0 Å². The van der Waals surface area contributed by atoms with Gasteiger partial charge in [-0.25, -0.2) is 0 Å². The number of methoxy groups -OCH3 is 1. The van der Waals surface area contributed by atoms with Gasteiger partial charge in [-0.3, -0.25) is 0 Å². The molecular formula is C5H11O2S. The summed E-state index contributed by atoms with van der Waals surface area (Å²) in [5, 5.41) is 0. The smallest absolute Gasteiger partial charge is 0.147 e. The summed E-state index contributed by atoms with van der Waals surface area (Å²) in [6, 6.07) is 0. The molecule has 0 saturated carbocycles. The van der Waals surface area contributed by atoms with Crippen LogP contribution in [-0.2, 0) is 9.47 Å². The summed E-state index contributed by atoms with van der Waals surface area (Å²) in [7, 11) is 1.58. The average Bonchev–Trinajstić information content (AvgIpc) is 1.83. The van der Waals surface area contributed by atoms with E-state index in [0.29, 0.717) is 6.79 Å². The Bertz CT molecular complexity index is 49.7. The van der Waals surface area contributed by atoms with Crippen molar-refractivity contribution in [2.75, 3.05) is 13.9 Å². The lowest BCUT2D eigenvalue weighted by atomic mass is 10.5. The van der Waals surface area contributed by atoms with E-state index in [1.165, 1.54) is 0 Å². The fraction of sp³-hybridized carbons (Fsp3) is 1.00. The Kier molecular flexibility index (Phi) is 5.59. The lowest BCUT2D eigenvalue weighted by Gasteiger charge is -2.05. The number of rotatable bonds is 4. The molecule has 0 spiro atoms. The Labute approximate surface area is 55.6 Å². The second kappa shape index (κ2) is 5.41. The van der Waals surface area contributed by atoms with Gasteiger partial charge in [0, 0.05) is 7.11 Å². The molecule has 0 saturated heterocycles. The standard InChI is InChI=1S/C5H11O2S/c1-3-5(8)7-4-6-2/h5H,3-4H2,1-2H3. The van der Waals surface area contributed by atoms with Crippen LogP contribution in [0, 0.1) is 0 Å². The van der Waals surface area contributed by atoms with Gasteiger partial charge in [-0.1, -0.05) is 19.6 Å². The highest BCUT2D eigenvalue weighted by molar-refractivity contribution is 7.80. The minimum Gasteiger partial charge on any atom is -0.359 e. The lowest BCUT2D eigenvalue weighted by molar-refractivity contribution is -0.0417. The molecule has 3 heteroatoms. The Morgan fingerprint density at radius 3 is 2.62 bits per heavy atom. The van der Waals surface area contributed by atoms with Gasteiger partial charge in [-0.05, 0) is 6.42 Å². The number of hydrogen-bond acceptors (Lipinski definition) is 2.